The van der Waals surface area contributed by atoms with E-state index in [1.807, 2.05) is 6.92 Å². The molecule has 2 heteroatoms. The van der Waals surface area contributed by atoms with Crippen LogP contribution in [0.15, 0.2) is 0 Å². The third kappa shape index (κ3) is 2.23. The quantitative estimate of drug-likeness (QED) is 0.635. The first-order chi connectivity index (χ1) is 5.49. The van der Waals surface area contributed by atoms with Gasteiger partial charge in [0.2, 0.25) is 0 Å². The van der Waals surface area contributed by atoms with E-state index in [-0.39, 0.29) is 5.60 Å². The molecule has 0 heterocycles. The van der Waals surface area contributed by atoms with Crippen LogP contribution in [0.2, 0.25) is 0 Å². The highest BCUT2D eigenvalue weighted by Gasteiger charge is 2.35. The molecular formula is C10H19O2. The zero-order valence-electron chi connectivity index (χ0n) is 8.68. The summed E-state index contributed by atoms with van der Waals surface area (Å²) in [4.78, 5) is 10.2. The lowest BCUT2D eigenvalue weighted by molar-refractivity contribution is -0.0250. The summed E-state index contributed by atoms with van der Waals surface area (Å²) in [6.07, 6.45) is 1.01. The van der Waals surface area contributed by atoms with Crippen molar-refractivity contribution in [1.82, 2.24) is 0 Å². The fraction of sp³-hybridized carbons (Fsp3) is 0.900. The Hall–Kier alpha value is -0.530. The molecule has 0 fully saturated rings. The minimum atomic E-state index is -0.365. The van der Waals surface area contributed by atoms with Gasteiger partial charge in [-0.25, -0.2) is 4.79 Å². The van der Waals surface area contributed by atoms with E-state index in [2.05, 4.69) is 27.7 Å². The van der Waals surface area contributed by atoms with E-state index in [0.29, 0.717) is 11.8 Å². The van der Waals surface area contributed by atoms with E-state index in [9.17, 15) is 4.79 Å². The minimum Gasteiger partial charge on any atom is -0.450 e. The summed E-state index contributed by atoms with van der Waals surface area (Å²) in [5.74, 6) is 0.702. The van der Waals surface area contributed by atoms with Crippen molar-refractivity contribution in [2.24, 2.45) is 11.8 Å². The van der Waals surface area contributed by atoms with Crippen molar-refractivity contribution in [2.75, 3.05) is 0 Å². The molecule has 71 valence electrons. The third-order valence-corrected chi connectivity index (χ3v) is 3.00. The molecule has 0 aliphatic rings. The van der Waals surface area contributed by atoms with Gasteiger partial charge in [0.25, 0.3) is 0 Å². The van der Waals surface area contributed by atoms with Gasteiger partial charge in [-0.1, -0.05) is 27.7 Å². The zero-order chi connectivity index (χ0) is 9.78. The second kappa shape index (κ2) is 4.48. The van der Waals surface area contributed by atoms with Gasteiger partial charge in [0, 0.05) is 0 Å². The zero-order valence-corrected chi connectivity index (χ0v) is 8.68. The summed E-state index contributed by atoms with van der Waals surface area (Å²) in [6.45, 7) is 11.8. The predicted molar refractivity (Wildman–Crippen MR) is 49.5 cm³/mol. The van der Waals surface area contributed by atoms with Gasteiger partial charge in [0.15, 0.2) is 0 Å². The van der Waals surface area contributed by atoms with Gasteiger partial charge in [0.1, 0.15) is 5.60 Å². The van der Waals surface area contributed by atoms with Gasteiger partial charge in [-0.3, -0.25) is 0 Å². The number of rotatable bonds is 5. The monoisotopic (exact) mass is 171 g/mol. The molecule has 0 spiro atoms. The fourth-order valence-corrected chi connectivity index (χ4v) is 1.28. The van der Waals surface area contributed by atoms with Gasteiger partial charge in [-0.05, 0) is 25.2 Å². The lowest BCUT2D eigenvalue weighted by atomic mass is 9.79. The molecule has 0 aromatic heterocycles. The van der Waals surface area contributed by atoms with Crippen LogP contribution in [-0.4, -0.2) is 12.1 Å². The highest BCUT2D eigenvalue weighted by atomic mass is 16.5. The summed E-state index contributed by atoms with van der Waals surface area (Å²) in [7, 11) is 0. The normalized spacial score (nSPS) is 18.5. The van der Waals surface area contributed by atoms with Crippen LogP contribution in [0, 0.1) is 11.8 Å². The minimum absolute atomic E-state index is 0.328. The van der Waals surface area contributed by atoms with Crippen molar-refractivity contribution in [3.05, 3.63) is 0 Å². The molecule has 0 amide bonds. The first-order valence-corrected chi connectivity index (χ1v) is 4.54. The highest BCUT2D eigenvalue weighted by molar-refractivity contribution is 5.39. The predicted octanol–water partition coefficient (Wildman–Crippen LogP) is 2.53. The number of hydrogen-bond acceptors (Lipinski definition) is 2. The molecule has 0 aromatic rings. The standard InChI is InChI=1S/C10H19O2/c1-6-9(4)10(5,8(2)3)12-7-11/h8-9H,6H2,1-5H3. The highest BCUT2D eigenvalue weighted by Crippen LogP contribution is 2.31. The second-order valence-electron chi connectivity index (χ2n) is 3.83. The molecule has 1 radical (unpaired) electrons. The van der Waals surface area contributed by atoms with E-state index in [0.717, 1.165) is 6.42 Å². The van der Waals surface area contributed by atoms with E-state index in [1.54, 1.807) is 6.47 Å². The van der Waals surface area contributed by atoms with Crippen LogP contribution in [0.1, 0.15) is 41.0 Å². The van der Waals surface area contributed by atoms with Gasteiger partial charge >= 0.3 is 6.47 Å². The van der Waals surface area contributed by atoms with Gasteiger partial charge in [0.05, 0.1) is 0 Å². The summed E-state index contributed by atoms with van der Waals surface area (Å²) in [5.41, 5.74) is -0.365. The van der Waals surface area contributed by atoms with Crippen molar-refractivity contribution in [1.29, 1.82) is 0 Å². The number of hydrogen-bond donors (Lipinski definition) is 0. The third-order valence-electron chi connectivity index (χ3n) is 3.00. The van der Waals surface area contributed by atoms with E-state index in [1.165, 1.54) is 0 Å². The van der Waals surface area contributed by atoms with Crippen LogP contribution >= 0.6 is 0 Å². The molecule has 2 nitrogen and oxygen atoms in total. The van der Waals surface area contributed by atoms with Crippen molar-refractivity contribution < 1.29 is 9.53 Å². The largest absolute Gasteiger partial charge is 0.450 e. The first-order valence-electron chi connectivity index (χ1n) is 4.54. The maximum Gasteiger partial charge on any atom is 0.418 e. The van der Waals surface area contributed by atoms with Crippen LogP contribution in [0.5, 0.6) is 0 Å². The Bertz CT molecular complexity index is 143. The van der Waals surface area contributed by atoms with Crippen LogP contribution in [0.3, 0.4) is 0 Å². The average molecular weight is 171 g/mol. The average Bonchev–Trinajstić information content (AvgIpc) is 2.03. The lowest BCUT2D eigenvalue weighted by Gasteiger charge is -2.36. The molecule has 0 rings (SSSR count). The van der Waals surface area contributed by atoms with Gasteiger partial charge < -0.3 is 4.74 Å². The molecule has 0 aliphatic heterocycles. The second-order valence-corrected chi connectivity index (χ2v) is 3.83. The van der Waals surface area contributed by atoms with Gasteiger partial charge in [-0.2, -0.15) is 0 Å². The molecule has 0 N–H and O–H groups in total. The van der Waals surface area contributed by atoms with E-state index < -0.39 is 0 Å². The van der Waals surface area contributed by atoms with Crippen LogP contribution in [0.4, 0.5) is 0 Å². The molecule has 0 aromatic carbocycles. The molecule has 0 saturated carbocycles. The topological polar surface area (TPSA) is 26.3 Å². The van der Waals surface area contributed by atoms with Crippen molar-refractivity contribution >= 4 is 6.47 Å². The summed E-state index contributed by atoms with van der Waals surface area (Å²) < 4.78 is 5.04. The SMILES string of the molecule is CCC(C)C(C)(O[C]=O)C(C)C. The van der Waals surface area contributed by atoms with Crippen molar-refractivity contribution in [3.63, 3.8) is 0 Å². The number of ether oxygens (including phenoxy) is 1. The smallest absolute Gasteiger partial charge is 0.418 e. The summed E-state index contributed by atoms with van der Waals surface area (Å²) in [5, 5.41) is 0. The van der Waals surface area contributed by atoms with Crippen LogP contribution in [-0.2, 0) is 9.53 Å². The van der Waals surface area contributed by atoms with Crippen molar-refractivity contribution in [2.45, 2.75) is 46.6 Å². The Kier molecular flexibility index (Phi) is 4.29. The summed E-state index contributed by atoms with van der Waals surface area (Å²) in [6, 6.07) is 0. The van der Waals surface area contributed by atoms with Crippen molar-refractivity contribution in [3.8, 4) is 0 Å². The first kappa shape index (κ1) is 11.5. The van der Waals surface area contributed by atoms with Crippen LogP contribution < -0.4 is 0 Å². The Labute approximate surface area is 75.3 Å². The van der Waals surface area contributed by atoms with Gasteiger partial charge in [-0.15, -0.1) is 0 Å². The van der Waals surface area contributed by atoms with E-state index >= 15 is 0 Å². The molecule has 2 unspecified atom stereocenters. The molecule has 12 heavy (non-hydrogen) atoms. The maximum atomic E-state index is 10.2. The van der Waals surface area contributed by atoms with E-state index in [4.69, 9.17) is 4.74 Å². The Morgan fingerprint density at radius 3 is 2.17 bits per heavy atom. The molecular weight excluding hydrogens is 152 g/mol. The molecule has 0 bridgehead atoms. The number of carbonyl (C=O) groups excluding carboxylic acids is 1. The molecule has 0 saturated heterocycles. The molecule has 0 aliphatic carbocycles. The Balaban J connectivity index is 4.47. The fourth-order valence-electron chi connectivity index (χ4n) is 1.28. The molecule has 2 atom stereocenters. The summed E-state index contributed by atoms with van der Waals surface area (Å²) >= 11 is 0. The Morgan fingerprint density at radius 2 is 1.92 bits per heavy atom. The van der Waals surface area contributed by atoms with Crippen LogP contribution in [0.25, 0.3) is 0 Å². The lowest BCUT2D eigenvalue weighted by Crippen LogP contribution is -2.41. The maximum absolute atomic E-state index is 10.2. The Morgan fingerprint density at radius 1 is 1.42 bits per heavy atom.